The highest BCUT2D eigenvalue weighted by molar-refractivity contribution is 7.09. The lowest BCUT2D eigenvalue weighted by Crippen LogP contribution is -2.31. The van der Waals surface area contributed by atoms with Crippen LogP contribution in [0.5, 0.6) is 0 Å². The summed E-state index contributed by atoms with van der Waals surface area (Å²) >= 11 is 1.80. The van der Waals surface area contributed by atoms with E-state index in [0.29, 0.717) is 5.92 Å². The molecule has 2 aliphatic rings. The fourth-order valence-corrected chi connectivity index (χ4v) is 3.67. The van der Waals surface area contributed by atoms with Crippen LogP contribution in [0.1, 0.15) is 42.3 Å². The van der Waals surface area contributed by atoms with Crippen LogP contribution < -0.4 is 5.73 Å². The minimum absolute atomic E-state index is 0.0957. The number of rotatable bonds is 3. The quantitative estimate of drug-likeness (QED) is 0.893. The van der Waals surface area contributed by atoms with Gasteiger partial charge in [-0.15, -0.1) is 11.3 Å². The van der Waals surface area contributed by atoms with Crippen LogP contribution in [0.25, 0.3) is 0 Å². The summed E-state index contributed by atoms with van der Waals surface area (Å²) in [6.45, 7) is 2.40. The van der Waals surface area contributed by atoms with Crippen molar-refractivity contribution in [3.8, 4) is 0 Å². The van der Waals surface area contributed by atoms with Gasteiger partial charge in [-0.2, -0.15) is 0 Å². The summed E-state index contributed by atoms with van der Waals surface area (Å²) < 4.78 is 0. The molecule has 4 heteroatoms. The third-order valence-corrected chi connectivity index (χ3v) is 4.87. The Balaban J connectivity index is 1.66. The SMILES string of the molecule is CN1CCCC(c2csc(CC3(N)CC3)n2)C1. The zero-order chi connectivity index (χ0) is 11.9. The second kappa shape index (κ2) is 4.34. The lowest BCUT2D eigenvalue weighted by Gasteiger charge is -2.28. The monoisotopic (exact) mass is 251 g/mol. The van der Waals surface area contributed by atoms with Crippen LogP contribution in [0.2, 0.25) is 0 Å². The molecule has 0 spiro atoms. The van der Waals surface area contributed by atoms with Gasteiger partial charge < -0.3 is 10.6 Å². The minimum atomic E-state index is 0.0957. The molecule has 0 bridgehead atoms. The van der Waals surface area contributed by atoms with Crippen LogP contribution in [-0.2, 0) is 6.42 Å². The number of likely N-dealkylation sites (N-methyl/N-ethyl adjacent to an activating group) is 1. The van der Waals surface area contributed by atoms with Crippen molar-refractivity contribution in [2.24, 2.45) is 5.73 Å². The predicted octanol–water partition coefficient (Wildman–Crippen LogP) is 1.99. The first-order valence-electron chi connectivity index (χ1n) is 6.56. The fourth-order valence-electron chi connectivity index (χ4n) is 2.64. The average molecular weight is 251 g/mol. The number of hydrogen-bond acceptors (Lipinski definition) is 4. The molecule has 3 nitrogen and oxygen atoms in total. The Bertz CT molecular complexity index is 397. The van der Waals surface area contributed by atoms with Gasteiger partial charge in [0.1, 0.15) is 0 Å². The van der Waals surface area contributed by atoms with Gasteiger partial charge in [0.05, 0.1) is 10.7 Å². The van der Waals surface area contributed by atoms with E-state index in [1.807, 2.05) is 0 Å². The highest BCUT2D eigenvalue weighted by Gasteiger charge is 2.39. The van der Waals surface area contributed by atoms with Gasteiger partial charge in [0.2, 0.25) is 0 Å². The van der Waals surface area contributed by atoms with E-state index in [1.165, 1.54) is 42.9 Å². The Kier molecular flexibility index (Phi) is 2.97. The maximum absolute atomic E-state index is 6.15. The molecule has 1 saturated carbocycles. The molecule has 1 unspecified atom stereocenters. The smallest absolute Gasteiger partial charge is 0.0946 e. The van der Waals surface area contributed by atoms with E-state index in [-0.39, 0.29) is 5.54 Å². The molecule has 1 aliphatic carbocycles. The zero-order valence-corrected chi connectivity index (χ0v) is 11.3. The van der Waals surface area contributed by atoms with Crippen molar-refractivity contribution in [1.29, 1.82) is 0 Å². The highest BCUT2D eigenvalue weighted by atomic mass is 32.1. The van der Waals surface area contributed by atoms with Gasteiger partial charge in [0, 0.05) is 29.8 Å². The first-order valence-corrected chi connectivity index (χ1v) is 7.44. The van der Waals surface area contributed by atoms with Crippen molar-refractivity contribution in [3.05, 3.63) is 16.1 Å². The number of nitrogens with zero attached hydrogens (tertiary/aromatic N) is 2. The largest absolute Gasteiger partial charge is 0.325 e. The van der Waals surface area contributed by atoms with E-state index in [0.717, 1.165) is 13.0 Å². The molecule has 0 aromatic carbocycles. The standard InChI is InChI=1S/C13H21N3S/c1-16-6-2-3-10(8-16)11-9-17-12(15-11)7-13(14)4-5-13/h9-10H,2-8,14H2,1H3. The van der Waals surface area contributed by atoms with E-state index in [2.05, 4.69) is 17.3 Å². The fraction of sp³-hybridized carbons (Fsp3) is 0.769. The molecule has 1 aliphatic heterocycles. The Labute approximate surface area is 107 Å². The Morgan fingerprint density at radius 1 is 1.59 bits per heavy atom. The molecular weight excluding hydrogens is 230 g/mol. The van der Waals surface area contributed by atoms with Gasteiger partial charge in [-0.1, -0.05) is 0 Å². The van der Waals surface area contributed by atoms with Crippen LogP contribution in [0.15, 0.2) is 5.38 Å². The van der Waals surface area contributed by atoms with Crippen LogP contribution >= 0.6 is 11.3 Å². The molecule has 1 atom stereocenters. The minimum Gasteiger partial charge on any atom is -0.325 e. The number of thiazole rings is 1. The zero-order valence-electron chi connectivity index (χ0n) is 10.5. The summed E-state index contributed by atoms with van der Waals surface area (Å²) in [5.41, 5.74) is 7.55. The van der Waals surface area contributed by atoms with Crippen molar-refractivity contribution >= 4 is 11.3 Å². The number of hydrogen-bond donors (Lipinski definition) is 1. The van der Waals surface area contributed by atoms with Crippen molar-refractivity contribution in [2.45, 2.75) is 43.6 Å². The molecule has 2 heterocycles. The van der Waals surface area contributed by atoms with Gasteiger partial charge in [0.25, 0.3) is 0 Å². The first-order chi connectivity index (χ1) is 8.15. The average Bonchev–Trinajstić information content (AvgIpc) is 2.85. The molecular formula is C13H21N3S. The van der Waals surface area contributed by atoms with Crippen LogP contribution in [0.3, 0.4) is 0 Å². The second-order valence-electron chi connectivity index (χ2n) is 5.81. The summed E-state index contributed by atoms with van der Waals surface area (Å²) in [7, 11) is 2.21. The molecule has 1 aromatic rings. The number of piperidine rings is 1. The third-order valence-electron chi connectivity index (χ3n) is 4.01. The third kappa shape index (κ3) is 2.69. The number of likely N-dealkylation sites (tertiary alicyclic amines) is 1. The van der Waals surface area contributed by atoms with E-state index >= 15 is 0 Å². The van der Waals surface area contributed by atoms with Crippen molar-refractivity contribution in [2.75, 3.05) is 20.1 Å². The topological polar surface area (TPSA) is 42.1 Å². The summed E-state index contributed by atoms with van der Waals surface area (Å²) in [6, 6.07) is 0. The molecule has 2 fully saturated rings. The lowest BCUT2D eigenvalue weighted by atomic mass is 9.96. The van der Waals surface area contributed by atoms with Crippen LogP contribution in [0, 0.1) is 0 Å². The first kappa shape index (κ1) is 11.6. The Hall–Kier alpha value is -0.450. The Morgan fingerprint density at radius 3 is 3.12 bits per heavy atom. The molecule has 3 rings (SSSR count). The van der Waals surface area contributed by atoms with Gasteiger partial charge in [0.15, 0.2) is 0 Å². The maximum Gasteiger partial charge on any atom is 0.0946 e. The summed E-state index contributed by atoms with van der Waals surface area (Å²) in [5, 5.41) is 3.50. The summed E-state index contributed by atoms with van der Waals surface area (Å²) in [4.78, 5) is 7.22. The van der Waals surface area contributed by atoms with Crippen molar-refractivity contribution in [3.63, 3.8) is 0 Å². The molecule has 1 saturated heterocycles. The van der Waals surface area contributed by atoms with Crippen molar-refractivity contribution in [1.82, 2.24) is 9.88 Å². The van der Waals surface area contributed by atoms with E-state index in [4.69, 9.17) is 10.7 Å². The molecule has 0 amide bonds. The highest BCUT2D eigenvalue weighted by Crippen LogP contribution is 2.37. The summed E-state index contributed by atoms with van der Waals surface area (Å²) in [5.74, 6) is 0.645. The van der Waals surface area contributed by atoms with Gasteiger partial charge in [-0.3, -0.25) is 0 Å². The molecule has 17 heavy (non-hydrogen) atoms. The molecule has 94 valence electrons. The predicted molar refractivity (Wildman–Crippen MR) is 71.4 cm³/mol. The molecule has 0 radical (unpaired) electrons. The molecule has 1 aromatic heterocycles. The van der Waals surface area contributed by atoms with Crippen LogP contribution in [-0.4, -0.2) is 35.6 Å². The van der Waals surface area contributed by atoms with Gasteiger partial charge in [-0.05, 0) is 39.3 Å². The van der Waals surface area contributed by atoms with Gasteiger partial charge in [-0.25, -0.2) is 4.98 Å². The maximum atomic E-state index is 6.15. The van der Waals surface area contributed by atoms with Crippen molar-refractivity contribution < 1.29 is 0 Å². The van der Waals surface area contributed by atoms with E-state index in [1.54, 1.807) is 11.3 Å². The summed E-state index contributed by atoms with van der Waals surface area (Å²) in [6.07, 6.45) is 5.93. The molecule has 2 N–H and O–H groups in total. The Morgan fingerprint density at radius 2 is 2.41 bits per heavy atom. The van der Waals surface area contributed by atoms with E-state index < -0.39 is 0 Å². The normalized spacial score (nSPS) is 28.2. The lowest BCUT2D eigenvalue weighted by molar-refractivity contribution is 0.248. The van der Waals surface area contributed by atoms with Gasteiger partial charge >= 0.3 is 0 Å². The van der Waals surface area contributed by atoms with E-state index in [9.17, 15) is 0 Å². The van der Waals surface area contributed by atoms with Crippen LogP contribution in [0.4, 0.5) is 0 Å². The number of nitrogens with two attached hydrogens (primary N) is 1. The second-order valence-corrected chi connectivity index (χ2v) is 6.75. The number of aromatic nitrogens is 1.